The standard InChI is InChI=1S/C15H22O3/c1-8-10(5-6-16)9(2)13(17)11-7-15(3,4)14(18)12(8)11/h14,16-18H,5-7H2,1-4H3. The second-order valence-electron chi connectivity index (χ2n) is 6.01. The Labute approximate surface area is 108 Å². The van der Waals surface area contributed by atoms with Crippen molar-refractivity contribution in [1.29, 1.82) is 0 Å². The van der Waals surface area contributed by atoms with Gasteiger partial charge in [-0.3, -0.25) is 0 Å². The number of hydrogen-bond acceptors (Lipinski definition) is 3. The molecular weight excluding hydrogens is 228 g/mol. The minimum atomic E-state index is -0.545. The van der Waals surface area contributed by atoms with E-state index in [9.17, 15) is 10.2 Å². The molecule has 0 fully saturated rings. The number of phenolic OH excluding ortho intramolecular Hbond substituents is 1. The maximum absolute atomic E-state index is 10.4. The highest BCUT2D eigenvalue weighted by Gasteiger charge is 2.41. The van der Waals surface area contributed by atoms with Gasteiger partial charge >= 0.3 is 0 Å². The van der Waals surface area contributed by atoms with Crippen LogP contribution in [0.3, 0.4) is 0 Å². The lowest BCUT2D eigenvalue weighted by Crippen LogP contribution is -2.17. The highest BCUT2D eigenvalue weighted by molar-refractivity contribution is 5.58. The molecule has 0 amide bonds. The Morgan fingerprint density at radius 2 is 1.83 bits per heavy atom. The monoisotopic (exact) mass is 250 g/mol. The fourth-order valence-electron chi connectivity index (χ4n) is 3.15. The molecule has 1 atom stereocenters. The van der Waals surface area contributed by atoms with Gasteiger partial charge in [0.2, 0.25) is 0 Å². The van der Waals surface area contributed by atoms with E-state index in [0.29, 0.717) is 18.6 Å². The third-order valence-corrected chi connectivity index (χ3v) is 4.28. The summed E-state index contributed by atoms with van der Waals surface area (Å²) in [6.07, 6.45) is 0.665. The molecule has 1 aromatic carbocycles. The van der Waals surface area contributed by atoms with Crippen molar-refractivity contribution >= 4 is 0 Å². The number of hydrogen-bond donors (Lipinski definition) is 3. The summed E-state index contributed by atoms with van der Waals surface area (Å²) < 4.78 is 0. The van der Waals surface area contributed by atoms with Crippen LogP contribution in [0.2, 0.25) is 0 Å². The van der Waals surface area contributed by atoms with Crippen LogP contribution in [0.4, 0.5) is 0 Å². The maximum atomic E-state index is 10.4. The number of benzene rings is 1. The van der Waals surface area contributed by atoms with Crippen molar-refractivity contribution in [3.05, 3.63) is 27.8 Å². The van der Waals surface area contributed by atoms with E-state index in [1.807, 2.05) is 27.7 Å². The smallest absolute Gasteiger partial charge is 0.122 e. The lowest BCUT2D eigenvalue weighted by molar-refractivity contribution is 0.0661. The van der Waals surface area contributed by atoms with Gasteiger partial charge in [-0.1, -0.05) is 13.8 Å². The quantitative estimate of drug-likeness (QED) is 0.754. The summed E-state index contributed by atoms with van der Waals surface area (Å²) >= 11 is 0. The van der Waals surface area contributed by atoms with E-state index in [1.54, 1.807) is 0 Å². The normalized spacial score (nSPS) is 21.1. The van der Waals surface area contributed by atoms with Gasteiger partial charge in [0.1, 0.15) is 5.75 Å². The van der Waals surface area contributed by atoms with Gasteiger partial charge in [-0.15, -0.1) is 0 Å². The van der Waals surface area contributed by atoms with Crippen molar-refractivity contribution in [3.8, 4) is 5.75 Å². The average molecular weight is 250 g/mol. The van der Waals surface area contributed by atoms with Crippen LogP contribution in [0.5, 0.6) is 5.75 Å². The van der Waals surface area contributed by atoms with Crippen molar-refractivity contribution < 1.29 is 15.3 Å². The molecule has 3 heteroatoms. The second kappa shape index (κ2) is 4.25. The molecule has 1 aliphatic rings. The van der Waals surface area contributed by atoms with E-state index in [0.717, 1.165) is 27.8 Å². The molecule has 100 valence electrons. The summed E-state index contributed by atoms with van der Waals surface area (Å²) in [4.78, 5) is 0. The van der Waals surface area contributed by atoms with E-state index in [-0.39, 0.29) is 12.0 Å². The van der Waals surface area contributed by atoms with Gasteiger partial charge in [-0.25, -0.2) is 0 Å². The summed E-state index contributed by atoms with van der Waals surface area (Å²) in [7, 11) is 0. The second-order valence-corrected chi connectivity index (χ2v) is 6.01. The lowest BCUT2D eigenvalue weighted by Gasteiger charge is -2.23. The maximum Gasteiger partial charge on any atom is 0.122 e. The van der Waals surface area contributed by atoms with Crippen LogP contribution in [-0.2, 0) is 12.8 Å². The van der Waals surface area contributed by atoms with Crippen molar-refractivity contribution in [2.24, 2.45) is 5.41 Å². The molecule has 0 bridgehead atoms. The van der Waals surface area contributed by atoms with E-state index < -0.39 is 6.10 Å². The fraction of sp³-hybridized carbons (Fsp3) is 0.600. The van der Waals surface area contributed by atoms with Crippen LogP contribution in [0.25, 0.3) is 0 Å². The van der Waals surface area contributed by atoms with Gasteiger partial charge < -0.3 is 15.3 Å². The molecule has 0 spiro atoms. The molecule has 1 aromatic rings. The first kappa shape index (κ1) is 13.4. The zero-order chi connectivity index (χ0) is 13.7. The Bertz CT molecular complexity index is 489. The van der Waals surface area contributed by atoms with Crippen LogP contribution in [0, 0.1) is 19.3 Å². The van der Waals surface area contributed by atoms with E-state index >= 15 is 0 Å². The van der Waals surface area contributed by atoms with E-state index in [1.165, 1.54) is 0 Å². The summed E-state index contributed by atoms with van der Waals surface area (Å²) in [5, 5.41) is 29.9. The molecule has 0 radical (unpaired) electrons. The first-order valence-corrected chi connectivity index (χ1v) is 6.44. The van der Waals surface area contributed by atoms with Gasteiger partial charge in [0, 0.05) is 12.2 Å². The molecular formula is C15H22O3. The highest BCUT2D eigenvalue weighted by atomic mass is 16.3. The van der Waals surface area contributed by atoms with Gasteiger partial charge in [-0.2, -0.15) is 0 Å². The van der Waals surface area contributed by atoms with Gasteiger partial charge in [0.25, 0.3) is 0 Å². The molecule has 1 aliphatic carbocycles. The van der Waals surface area contributed by atoms with Crippen LogP contribution in [-0.4, -0.2) is 21.9 Å². The lowest BCUT2D eigenvalue weighted by atomic mass is 9.86. The Morgan fingerprint density at radius 1 is 1.22 bits per heavy atom. The third-order valence-electron chi connectivity index (χ3n) is 4.28. The fourth-order valence-corrected chi connectivity index (χ4v) is 3.15. The van der Waals surface area contributed by atoms with Gasteiger partial charge in [0.15, 0.2) is 0 Å². The van der Waals surface area contributed by atoms with Crippen LogP contribution in [0.1, 0.15) is 47.8 Å². The number of phenols is 1. The molecule has 0 saturated carbocycles. The van der Waals surface area contributed by atoms with Gasteiger partial charge in [-0.05, 0) is 54.4 Å². The number of fused-ring (bicyclic) bond motifs is 1. The Balaban J connectivity index is 2.69. The summed E-state index contributed by atoms with van der Waals surface area (Å²) in [5.74, 6) is 0.295. The molecule has 0 aromatic heterocycles. The first-order valence-electron chi connectivity index (χ1n) is 6.44. The predicted octanol–water partition coefficient (Wildman–Crippen LogP) is 2.16. The van der Waals surface area contributed by atoms with Crippen molar-refractivity contribution in [1.82, 2.24) is 0 Å². The number of aliphatic hydroxyl groups excluding tert-OH is 2. The van der Waals surface area contributed by atoms with Crippen molar-refractivity contribution in [2.75, 3.05) is 6.61 Å². The molecule has 3 N–H and O–H groups in total. The topological polar surface area (TPSA) is 60.7 Å². The predicted molar refractivity (Wildman–Crippen MR) is 70.8 cm³/mol. The zero-order valence-corrected chi connectivity index (χ0v) is 11.5. The molecule has 1 unspecified atom stereocenters. The molecule has 18 heavy (non-hydrogen) atoms. The summed E-state index contributed by atoms with van der Waals surface area (Å²) in [6.45, 7) is 7.93. The zero-order valence-electron chi connectivity index (χ0n) is 11.5. The average Bonchev–Trinajstić information content (AvgIpc) is 2.54. The Morgan fingerprint density at radius 3 is 2.39 bits per heavy atom. The van der Waals surface area contributed by atoms with Gasteiger partial charge in [0.05, 0.1) is 6.10 Å². The number of aromatic hydroxyl groups is 1. The number of aliphatic hydroxyl groups is 2. The van der Waals surface area contributed by atoms with E-state index in [4.69, 9.17) is 5.11 Å². The first-order chi connectivity index (χ1) is 8.31. The van der Waals surface area contributed by atoms with E-state index in [2.05, 4.69) is 0 Å². The minimum Gasteiger partial charge on any atom is -0.507 e. The molecule has 0 saturated heterocycles. The summed E-state index contributed by atoms with van der Waals surface area (Å²) in [6, 6.07) is 0. The Hall–Kier alpha value is -1.06. The molecule has 0 aliphatic heterocycles. The molecule has 3 nitrogen and oxygen atoms in total. The van der Waals surface area contributed by atoms with Crippen LogP contribution >= 0.6 is 0 Å². The van der Waals surface area contributed by atoms with Crippen molar-refractivity contribution in [3.63, 3.8) is 0 Å². The van der Waals surface area contributed by atoms with Crippen LogP contribution in [0.15, 0.2) is 0 Å². The summed E-state index contributed by atoms with van der Waals surface area (Å²) in [5.41, 5.74) is 4.33. The molecule has 2 rings (SSSR count). The largest absolute Gasteiger partial charge is 0.507 e. The third kappa shape index (κ3) is 1.73. The number of rotatable bonds is 2. The molecule has 0 heterocycles. The van der Waals surface area contributed by atoms with Crippen molar-refractivity contribution in [2.45, 2.75) is 46.6 Å². The Kier molecular flexibility index (Phi) is 3.16. The SMILES string of the molecule is Cc1c(O)c2c(c(C)c1CCO)C(O)C(C)(C)C2. The highest BCUT2D eigenvalue weighted by Crippen LogP contribution is 2.51. The minimum absolute atomic E-state index is 0.0550. The van der Waals surface area contributed by atoms with Crippen LogP contribution < -0.4 is 0 Å².